The first-order chi connectivity index (χ1) is 7.97. The lowest BCUT2D eigenvalue weighted by molar-refractivity contribution is 0.0701. The van der Waals surface area contributed by atoms with E-state index in [-0.39, 0.29) is 16.8 Å². The third-order valence-electron chi connectivity index (χ3n) is 2.42. The van der Waals surface area contributed by atoms with Crippen molar-refractivity contribution in [3.63, 3.8) is 0 Å². The van der Waals surface area contributed by atoms with Gasteiger partial charge < -0.3 is 10.0 Å². The molecule has 1 aromatic rings. The first-order valence-corrected chi connectivity index (χ1v) is 7.27. The third kappa shape index (κ3) is 3.47. The second kappa shape index (κ2) is 6.07. The highest BCUT2D eigenvalue weighted by molar-refractivity contribution is 7.98. The Hall–Kier alpha value is -1.01. The van der Waals surface area contributed by atoms with Crippen LogP contribution >= 0.6 is 23.1 Å². The Morgan fingerprint density at radius 2 is 2.06 bits per heavy atom. The van der Waals surface area contributed by atoms with Gasteiger partial charge in [0.2, 0.25) is 0 Å². The van der Waals surface area contributed by atoms with E-state index in [9.17, 15) is 9.59 Å². The molecule has 0 saturated heterocycles. The highest BCUT2D eigenvalue weighted by atomic mass is 32.2. The topological polar surface area (TPSA) is 57.6 Å². The van der Waals surface area contributed by atoms with Gasteiger partial charge in [-0.25, -0.2) is 4.79 Å². The maximum Gasteiger partial charge on any atom is 0.345 e. The zero-order valence-corrected chi connectivity index (χ0v) is 11.6. The van der Waals surface area contributed by atoms with Crippen LogP contribution in [0, 0.1) is 0 Å². The van der Waals surface area contributed by atoms with E-state index in [0.717, 1.165) is 17.1 Å². The van der Waals surface area contributed by atoms with E-state index < -0.39 is 5.97 Å². The smallest absolute Gasteiger partial charge is 0.345 e. The minimum absolute atomic E-state index is 0.121. The summed E-state index contributed by atoms with van der Waals surface area (Å²) >= 11 is 2.69. The van der Waals surface area contributed by atoms with Crippen molar-refractivity contribution in [2.24, 2.45) is 0 Å². The van der Waals surface area contributed by atoms with Gasteiger partial charge in [-0.1, -0.05) is 0 Å². The van der Waals surface area contributed by atoms with Crippen LogP contribution in [0.2, 0.25) is 0 Å². The fraction of sp³-hybridized carbons (Fsp3) is 0.455. The Bertz CT molecular complexity index is 417. The monoisotopic (exact) mass is 273 g/mol. The molecule has 0 fully saturated rings. The van der Waals surface area contributed by atoms with Gasteiger partial charge in [-0.15, -0.1) is 11.3 Å². The summed E-state index contributed by atoms with van der Waals surface area (Å²) in [4.78, 5) is 25.1. The van der Waals surface area contributed by atoms with Crippen LogP contribution in [0.1, 0.15) is 26.3 Å². The lowest BCUT2D eigenvalue weighted by Crippen LogP contribution is -2.36. The summed E-state index contributed by atoms with van der Waals surface area (Å²) < 4.78 is 0. The number of carboxylic acid groups (broad SMARTS) is 1. The predicted molar refractivity (Wildman–Crippen MR) is 71.2 cm³/mol. The van der Waals surface area contributed by atoms with Crippen LogP contribution in [-0.2, 0) is 0 Å². The number of carbonyl (C=O) groups is 2. The van der Waals surface area contributed by atoms with Gasteiger partial charge in [0.05, 0.1) is 4.88 Å². The molecule has 0 aliphatic rings. The lowest BCUT2D eigenvalue weighted by Gasteiger charge is -2.23. The SMILES string of the molecule is CSCC(C)N(C)C(=O)c1ccc(C(=O)O)s1. The van der Waals surface area contributed by atoms with Crippen LogP contribution in [-0.4, -0.2) is 47.0 Å². The van der Waals surface area contributed by atoms with E-state index in [1.807, 2.05) is 13.2 Å². The predicted octanol–water partition coefficient (Wildman–Crippen LogP) is 2.27. The minimum Gasteiger partial charge on any atom is -0.477 e. The standard InChI is InChI=1S/C11H15NO3S2/c1-7(6-16-3)12(2)10(13)8-4-5-9(17-8)11(14)15/h4-5,7H,6H2,1-3H3,(H,14,15). The second-order valence-electron chi connectivity index (χ2n) is 3.69. The molecule has 0 aliphatic heterocycles. The molecule has 0 spiro atoms. The van der Waals surface area contributed by atoms with Crippen LogP contribution in [0.4, 0.5) is 0 Å². The molecule has 0 aromatic carbocycles. The van der Waals surface area contributed by atoms with E-state index in [2.05, 4.69) is 0 Å². The molecule has 1 atom stereocenters. The summed E-state index contributed by atoms with van der Waals surface area (Å²) in [6, 6.07) is 3.17. The van der Waals surface area contributed by atoms with Gasteiger partial charge >= 0.3 is 5.97 Å². The van der Waals surface area contributed by atoms with Crippen molar-refractivity contribution < 1.29 is 14.7 Å². The van der Waals surface area contributed by atoms with Crippen molar-refractivity contribution in [2.45, 2.75) is 13.0 Å². The molecule has 1 heterocycles. The average Bonchev–Trinajstić information content (AvgIpc) is 2.76. The molecule has 6 heteroatoms. The van der Waals surface area contributed by atoms with Gasteiger partial charge in [-0.2, -0.15) is 11.8 Å². The summed E-state index contributed by atoms with van der Waals surface area (Å²) in [5, 5.41) is 8.79. The van der Waals surface area contributed by atoms with E-state index in [0.29, 0.717) is 4.88 Å². The molecule has 0 bridgehead atoms. The normalized spacial score (nSPS) is 12.2. The minimum atomic E-state index is -0.992. The maximum atomic E-state index is 12.0. The molecule has 1 unspecified atom stereocenters. The van der Waals surface area contributed by atoms with Crippen molar-refractivity contribution in [1.29, 1.82) is 0 Å². The first-order valence-electron chi connectivity index (χ1n) is 5.06. The number of carboxylic acids is 1. The summed E-state index contributed by atoms with van der Waals surface area (Å²) in [7, 11) is 1.74. The van der Waals surface area contributed by atoms with E-state index in [4.69, 9.17) is 5.11 Å². The van der Waals surface area contributed by atoms with Crippen LogP contribution in [0.5, 0.6) is 0 Å². The number of aromatic carboxylic acids is 1. The molecule has 1 amide bonds. The zero-order chi connectivity index (χ0) is 13.0. The first kappa shape index (κ1) is 14.1. The van der Waals surface area contributed by atoms with E-state index in [1.165, 1.54) is 6.07 Å². The Morgan fingerprint density at radius 1 is 1.47 bits per heavy atom. The Balaban J connectivity index is 2.77. The third-order valence-corrected chi connectivity index (χ3v) is 4.29. The number of amides is 1. The maximum absolute atomic E-state index is 12.0. The highest BCUT2D eigenvalue weighted by Gasteiger charge is 2.19. The van der Waals surface area contributed by atoms with Crippen LogP contribution in [0.3, 0.4) is 0 Å². The van der Waals surface area contributed by atoms with E-state index >= 15 is 0 Å². The van der Waals surface area contributed by atoms with Crippen LogP contribution in [0.15, 0.2) is 12.1 Å². The molecule has 94 valence electrons. The number of thioether (sulfide) groups is 1. The summed E-state index contributed by atoms with van der Waals surface area (Å²) in [6.07, 6.45) is 1.99. The zero-order valence-electron chi connectivity index (χ0n) is 9.97. The molecule has 1 aromatic heterocycles. The molecule has 17 heavy (non-hydrogen) atoms. The number of hydrogen-bond acceptors (Lipinski definition) is 4. The summed E-state index contributed by atoms with van der Waals surface area (Å²) in [6.45, 7) is 1.97. The Kier molecular flexibility index (Phi) is 5.02. The van der Waals surface area contributed by atoms with Gasteiger partial charge in [-0.3, -0.25) is 4.79 Å². The lowest BCUT2D eigenvalue weighted by atomic mass is 10.3. The molecule has 0 saturated carbocycles. The number of thiophene rings is 1. The van der Waals surface area contributed by atoms with Gasteiger partial charge in [0.25, 0.3) is 5.91 Å². The second-order valence-corrected chi connectivity index (χ2v) is 5.68. The summed E-state index contributed by atoms with van der Waals surface area (Å²) in [5.41, 5.74) is 0. The van der Waals surface area contributed by atoms with Gasteiger partial charge in [0.15, 0.2) is 0 Å². The molecule has 1 N–H and O–H groups in total. The Labute approximate surface area is 109 Å². The van der Waals surface area contributed by atoms with Crippen molar-refractivity contribution in [3.05, 3.63) is 21.9 Å². The number of rotatable bonds is 5. The largest absolute Gasteiger partial charge is 0.477 e. The molecular formula is C11H15NO3S2. The molecule has 1 rings (SSSR count). The molecular weight excluding hydrogens is 258 g/mol. The average molecular weight is 273 g/mol. The van der Waals surface area contributed by atoms with Gasteiger partial charge in [0, 0.05) is 18.8 Å². The quantitative estimate of drug-likeness (QED) is 0.894. The van der Waals surface area contributed by atoms with Crippen molar-refractivity contribution >= 4 is 35.0 Å². The molecule has 0 radical (unpaired) electrons. The molecule has 4 nitrogen and oxygen atoms in total. The van der Waals surface area contributed by atoms with Gasteiger partial charge in [-0.05, 0) is 25.3 Å². The fourth-order valence-electron chi connectivity index (χ4n) is 1.29. The van der Waals surface area contributed by atoms with Crippen molar-refractivity contribution in [2.75, 3.05) is 19.1 Å². The highest BCUT2D eigenvalue weighted by Crippen LogP contribution is 2.19. The van der Waals surface area contributed by atoms with Gasteiger partial charge in [0.1, 0.15) is 4.88 Å². The van der Waals surface area contributed by atoms with Crippen molar-refractivity contribution in [3.8, 4) is 0 Å². The van der Waals surface area contributed by atoms with Crippen molar-refractivity contribution in [1.82, 2.24) is 4.90 Å². The van der Waals surface area contributed by atoms with Crippen LogP contribution in [0.25, 0.3) is 0 Å². The van der Waals surface area contributed by atoms with Crippen LogP contribution < -0.4 is 0 Å². The molecule has 0 aliphatic carbocycles. The number of hydrogen-bond donors (Lipinski definition) is 1. The number of nitrogens with zero attached hydrogens (tertiary/aromatic N) is 1. The van der Waals surface area contributed by atoms with E-state index in [1.54, 1.807) is 29.8 Å². The summed E-state index contributed by atoms with van der Waals surface area (Å²) in [5.74, 6) is -0.253. The Morgan fingerprint density at radius 3 is 2.53 bits per heavy atom. The fourth-order valence-corrected chi connectivity index (χ4v) is 2.83. The number of carbonyl (C=O) groups excluding carboxylic acids is 1.